The Morgan fingerprint density at radius 3 is 2.38 bits per heavy atom. The molecule has 0 aromatic heterocycles. The minimum absolute atomic E-state index is 0.0367. The SMILES string of the molecule is O=C(Cc1ccccc1)CS(=O)(=O)c1ccc(F)c(Cl)c1. The Bertz CT molecular complexity index is 758. The van der Waals surface area contributed by atoms with Crippen LogP contribution in [0.4, 0.5) is 4.39 Å². The first-order chi connectivity index (χ1) is 9.88. The summed E-state index contributed by atoms with van der Waals surface area (Å²) in [6.45, 7) is 0. The van der Waals surface area contributed by atoms with Crippen molar-refractivity contribution in [2.24, 2.45) is 0 Å². The van der Waals surface area contributed by atoms with Gasteiger partial charge >= 0.3 is 0 Å². The summed E-state index contributed by atoms with van der Waals surface area (Å²) in [5.41, 5.74) is 0.745. The van der Waals surface area contributed by atoms with Crippen LogP contribution in [0.5, 0.6) is 0 Å². The van der Waals surface area contributed by atoms with Crippen LogP contribution in [0.2, 0.25) is 5.02 Å². The summed E-state index contributed by atoms with van der Waals surface area (Å²) in [4.78, 5) is 11.7. The van der Waals surface area contributed by atoms with E-state index >= 15 is 0 Å². The predicted octanol–water partition coefficient (Wildman–Crippen LogP) is 3.06. The Balaban J connectivity index is 2.13. The van der Waals surface area contributed by atoms with Crippen molar-refractivity contribution in [3.8, 4) is 0 Å². The van der Waals surface area contributed by atoms with Gasteiger partial charge in [-0.3, -0.25) is 4.79 Å². The molecule has 0 aliphatic heterocycles. The molecule has 6 heteroatoms. The monoisotopic (exact) mass is 326 g/mol. The second kappa shape index (κ2) is 6.37. The molecule has 0 heterocycles. The Morgan fingerprint density at radius 1 is 1.10 bits per heavy atom. The van der Waals surface area contributed by atoms with Crippen molar-refractivity contribution < 1.29 is 17.6 Å². The van der Waals surface area contributed by atoms with E-state index in [4.69, 9.17) is 11.6 Å². The first kappa shape index (κ1) is 15.7. The van der Waals surface area contributed by atoms with Crippen molar-refractivity contribution in [2.45, 2.75) is 11.3 Å². The van der Waals surface area contributed by atoms with Crippen LogP contribution in [-0.2, 0) is 21.1 Å². The van der Waals surface area contributed by atoms with E-state index in [0.717, 1.165) is 23.8 Å². The number of halogens is 2. The lowest BCUT2D eigenvalue weighted by Crippen LogP contribution is -2.18. The van der Waals surface area contributed by atoms with Gasteiger partial charge in [0.05, 0.1) is 9.92 Å². The topological polar surface area (TPSA) is 51.2 Å². The summed E-state index contributed by atoms with van der Waals surface area (Å²) in [5.74, 6) is -1.77. The van der Waals surface area contributed by atoms with Crippen LogP contribution in [0, 0.1) is 5.82 Å². The first-order valence-corrected chi connectivity index (χ1v) is 8.15. The third-order valence-corrected chi connectivity index (χ3v) is 4.81. The lowest BCUT2D eigenvalue weighted by atomic mass is 10.1. The molecular weight excluding hydrogens is 315 g/mol. The molecule has 0 aliphatic rings. The molecule has 2 rings (SSSR count). The summed E-state index contributed by atoms with van der Waals surface area (Å²) >= 11 is 5.56. The quantitative estimate of drug-likeness (QED) is 0.793. The molecule has 0 saturated heterocycles. The van der Waals surface area contributed by atoms with Gasteiger partial charge in [0.2, 0.25) is 0 Å². The Morgan fingerprint density at radius 2 is 1.76 bits per heavy atom. The fraction of sp³-hybridized carbons (Fsp3) is 0.133. The predicted molar refractivity (Wildman–Crippen MR) is 78.6 cm³/mol. The van der Waals surface area contributed by atoms with E-state index in [1.54, 1.807) is 24.3 Å². The molecular formula is C15H12ClFO3S. The highest BCUT2D eigenvalue weighted by Crippen LogP contribution is 2.20. The van der Waals surface area contributed by atoms with Crippen LogP contribution in [-0.4, -0.2) is 20.0 Å². The van der Waals surface area contributed by atoms with Crippen molar-refractivity contribution in [1.29, 1.82) is 0 Å². The van der Waals surface area contributed by atoms with E-state index < -0.39 is 27.2 Å². The normalized spacial score (nSPS) is 11.3. The Hall–Kier alpha value is -1.72. The molecule has 3 nitrogen and oxygen atoms in total. The average Bonchev–Trinajstić information content (AvgIpc) is 2.42. The fourth-order valence-corrected chi connectivity index (χ4v) is 3.35. The maximum Gasteiger partial charge on any atom is 0.185 e. The lowest BCUT2D eigenvalue weighted by Gasteiger charge is -2.05. The van der Waals surface area contributed by atoms with Crippen LogP contribution in [0.3, 0.4) is 0 Å². The second-order valence-electron chi connectivity index (χ2n) is 4.54. The van der Waals surface area contributed by atoms with E-state index in [1.807, 2.05) is 6.07 Å². The van der Waals surface area contributed by atoms with Crippen LogP contribution < -0.4 is 0 Å². The van der Waals surface area contributed by atoms with Gasteiger partial charge in [-0.25, -0.2) is 12.8 Å². The van der Waals surface area contributed by atoms with Gasteiger partial charge in [0.15, 0.2) is 15.6 Å². The standard InChI is InChI=1S/C15H12ClFO3S/c16-14-9-13(6-7-15(14)17)21(19,20)10-12(18)8-11-4-2-1-3-5-11/h1-7,9H,8,10H2. The molecule has 0 spiro atoms. The summed E-state index contributed by atoms with van der Waals surface area (Å²) in [5, 5.41) is -0.286. The highest BCUT2D eigenvalue weighted by atomic mass is 35.5. The highest BCUT2D eigenvalue weighted by Gasteiger charge is 2.20. The first-order valence-electron chi connectivity index (χ1n) is 6.12. The molecule has 21 heavy (non-hydrogen) atoms. The van der Waals surface area contributed by atoms with Gasteiger partial charge in [-0.2, -0.15) is 0 Å². The van der Waals surface area contributed by atoms with Crippen LogP contribution >= 0.6 is 11.6 Å². The van der Waals surface area contributed by atoms with Gasteiger partial charge in [0, 0.05) is 6.42 Å². The lowest BCUT2D eigenvalue weighted by molar-refractivity contribution is -0.116. The number of sulfone groups is 1. The number of carbonyl (C=O) groups is 1. The van der Waals surface area contributed by atoms with Gasteiger partial charge in [0.1, 0.15) is 11.6 Å². The summed E-state index contributed by atoms with van der Waals surface area (Å²) in [6.07, 6.45) is 0.0367. The molecule has 110 valence electrons. The van der Waals surface area contributed by atoms with Gasteiger partial charge in [-0.1, -0.05) is 41.9 Å². The fourth-order valence-electron chi connectivity index (χ4n) is 1.84. The number of Topliss-reactive ketones (excluding diaryl/α,β-unsaturated/α-hetero) is 1. The molecule has 0 N–H and O–H groups in total. The van der Waals surface area contributed by atoms with Gasteiger partial charge in [-0.15, -0.1) is 0 Å². The zero-order valence-corrected chi connectivity index (χ0v) is 12.5. The molecule has 2 aromatic carbocycles. The Kier molecular flexibility index (Phi) is 4.75. The molecule has 0 saturated carbocycles. The van der Waals surface area contributed by atoms with Crippen LogP contribution in [0.25, 0.3) is 0 Å². The van der Waals surface area contributed by atoms with Crippen molar-refractivity contribution in [1.82, 2.24) is 0 Å². The van der Waals surface area contributed by atoms with Crippen LogP contribution in [0.1, 0.15) is 5.56 Å². The van der Waals surface area contributed by atoms with Crippen LogP contribution in [0.15, 0.2) is 53.4 Å². The minimum Gasteiger partial charge on any atom is -0.298 e. The number of hydrogen-bond donors (Lipinski definition) is 0. The van der Waals surface area contributed by atoms with E-state index in [9.17, 15) is 17.6 Å². The summed E-state index contributed by atoms with van der Waals surface area (Å²) in [6, 6.07) is 11.9. The largest absolute Gasteiger partial charge is 0.298 e. The molecule has 0 atom stereocenters. The maximum atomic E-state index is 13.0. The van der Waals surface area contributed by atoms with Gasteiger partial charge in [0.25, 0.3) is 0 Å². The van der Waals surface area contributed by atoms with Gasteiger partial charge in [-0.05, 0) is 23.8 Å². The molecule has 0 amide bonds. The molecule has 0 bridgehead atoms. The van der Waals surface area contributed by atoms with E-state index in [1.165, 1.54) is 0 Å². The third kappa shape index (κ3) is 4.12. The average molecular weight is 327 g/mol. The number of ketones is 1. The maximum absolute atomic E-state index is 13.0. The van der Waals surface area contributed by atoms with E-state index in [0.29, 0.717) is 0 Å². The smallest absolute Gasteiger partial charge is 0.185 e. The third-order valence-electron chi connectivity index (χ3n) is 2.85. The van der Waals surface area contributed by atoms with E-state index in [-0.39, 0.29) is 16.3 Å². The minimum atomic E-state index is -3.82. The van der Waals surface area contributed by atoms with E-state index in [2.05, 4.69) is 0 Å². The van der Waals surface area contributed by atoms with Crippen molar-refractivity contribution in [3.63, 3.8) is 0 Å². The zero-order valence-electron chi connectivity index (χ0n) is 10.9. The zero-order chi connectivity index (χ0) is 15.5. The number of rotatable bonds is 5. The summed E-state index contributed by atoms with van der Waals surface area (Å²) < 4.78 is 37.2. The van der Waals surface area contributed by atoms with Crippen molar-refractivity contribution in [2.75, 3.05) is 5.75 Å². The second-order valence-corrected chi connectivity index (χ2v) is 6.93. The van der Waals surface area contributed by atoms with Crippen molar-refractivity contribution >= 4 is 27.2 Å². The number of benzene rings is 2. The Labute approximate surface area is 127 Å². The van der Waals surface area contributed by atoms with Gasteiger partial charge < -0.3 is 0 Å². The highest BCUT2D eigenvalue weighted by molar-refractivity contribution is 7.92. The molecule has 0 aliphatic carbocycles. The summed E-state index contributed by atoms with van der Waals surface area (Å²) in [7, 11) is -3.82. The molecule has 0 unspecified atom stereocenters. The molecule has 2 aromatic rings. The number of hydrogen-bond acceptors (Lipinski definition) is 3. The number of carbonyl (C=O) groups excluding carboxylic acids is 1. The van der Waals surface area contributed by atoms with Crippen molar-refractivity contribution in [3.05, 3.63) is 64.9 Å². The molecule has 0 radical (unpaired) electrons. The molecule has 0 fully saturated rings.